The lowest BCUT2D eigenvalue weighted by Gasteiger charge is -2.34. The maximum absolute atomic E-state index is 12.9. The van der Waals surface area contributed by atoms with Crippen molar-refractivity contribution in [1.29, 1.82) is 0 Å². The predicted octanol–water partition coefficient (Wildman–Crippen LogP) is 5.59. The molecule has 1 atom stereocenters. The van der Waals surface area contributed by atoms with Gasteiger partial charge < -0.3 is 4.90 Å². The summed E-state index contributed by atoms with van der Waals surface area (Å²) in [5, 5.41) is 6.12. The zero-order chi connectivity index (χ0) is 17.1. The number of nitrogens with zero attached hydrogens (tertiary/aromatic N) is 1. The molecule has 3 aromatic rings. The van der Waals surface area contributed by atoms with E-state index in [2.05, 4.69) is 29.0 Å². The molecule has 0 N–H and O–H groups in total. The first kappa shape index (κ1) is 16.6. The zero-order valence-electron chi connectivity index (χ0n) is 13.5. The van der Waals surface area contributed by atoms with Crippen molar-refractivity contribution in [2.24, 2.45) is 0 Å². The van der Waals surface area contributed by atoms with Gasteiger partial charge in [0.2, 0.25) is 5.91 Å². The molecule has 4 rings (SSSR count). The molecule has 5 heteroatoms. The first-order valence-electron chi connectivity index (χ1n) is 8.11. The molecule has 0 spiro atoms. The number of hydrogen-bond acceptors (Lipinski definition) is 4. The van der Waals surface area contributed by atoms with Gasteiger partial charge in [0.15, 0.2) is 0 Å². The van der Waals surface area contributed by atoms with Crippen LogP contribution in [0.1, 0.15) is 21.4 Å². The second-order valence-electron chi connectivity index (χ2n) is 5.73. The van der Waals surface area contributed by atoms with Crippen LogP contribution in [0.4, 0.5) is 0 Å². The van der Waals surface area contributed by atoms with Gasteiger partial charge in [0.05, 0.1) is 6.04 Å². The van der Waals surface area contributed by atoms with E-state index in [1.54, 1.807) is 40.5 Å². The van der Waals surface area contributed by atoms with Crippen LogP contribution in [0.2, 0.25) is 0 Å². The summed E-state index contributed by atoms with van der Waals surface area (Å²) < 4.78 is 0. The normalized spacial score (nSPS) is 17.0. The summed E-state index contributed by atoms with van der Waals surface area (Å²) in [5.74, 6) is 0.0821. The van der Waals surface area contributed by atoms with E-state index in [1.165, 1.54) is 15.3 Å². The lowest BCUT2D eigenvalue weighted by Crippen LogP contribution is -2.38. The average molecular weight is 384 g/mol. The molecule has 0 saturated heterocycles. The van der Waals surface area contributed by atoms with Gasteiger partial charge in [-0.15, -0.1) is 22.7 Å². The van der Waals surface area contributed by atoms with E-state index in [1.807, 2.05) is 40.6 Å². The van der Waals surface area contributed by atoms with Crippen LogP contribution in [-0.2, 0) is 11.2 Å². The molecule has 0 fully saturated rings. The highest BCUT2D eigenvalue weighted by Crippen LogP contribution is 2.39. The van der Waals surface area contributed by atoms with E-state index in [4.69, 9.17) is 0 Å². The number of carbonyl (C=O) groups excluding carboxylic acids is 1. The van der Waals surface area contributed by atoms with Gasteiger partial charge in [-0.3, -0.25) is 4.79 Å². The number of rotatable bonds is 4. The van der Waals surface area contributed by atoms with E-state index >= 15 is 0 Å². The monoisotopic (exact) mass is 383 g/mol. The summed E-state index contributed by atoms with van der Waals surface area (Å²) in [6.07, 6.45) is 2.65. The highest BCUT2D eigenvalue weighted by Gasteiger charge is 2.32. The number of hydrogen-bond donors (Lipinski definition) is 0. The molecule has 2 nitrogen and oxygen atoms in total. The summed E-state index contributed by atoms with van der Waals surface area (Å²) in [4.78, 5) is 18.6. The standard InChI is InChI=1S/C20H17NOS3/c22-19(10-14-23-15-5-2-1-3-6-15)21-11-8-17-16(9-13-25-17)20(21)18-7-4-12-24-18/h1-7,9-10,12-14,20H,8,11H2/b14-10+/t20-/m0/s1. The SMILES string of the molecule is O=C(/C=C/Sc1ccccc1)N1CCc2sccc2[C@H]1c1cccs1. The second kappa shape index (κ2) is 7.60. The summed E-state index contributed by atoms with van der Waals surface area (Å²) in [7, 11) is 0. The topological polar surface area (TPSA) is 20.3 Å². The van der Waals surface area contributed by atoms with Gasteiger partial charge in [0.1, 0.15) is 0 Å². The first-order valence-corrected chi connectivity index (χ1v) is 10.8. The molecule has 1 aromatic carbocycles. The summed E-state index contributed by atoms with van der Waals surface area (Å²) in [5.41, 5.74) is 1.29. The highest BCUT2D eigenvalue weighted by atomic mass is 32.2. The Bertz CT molecular complexity index is 868. The minimum absolute atomic E-state index is 0.0499. The van der Waals surface area contributed by atoms with Crippen LogP contribution in [0, 0.1) is 0 Å². The minimum atomic E-state index is 0.0499. The number of fused-ring (bicyclic) bond motifs is 1. The number of carbonyl (C=O) groups is 1. The maximum atomic E-state index is 12.9. The number of thiophene rings is 2. The zero-order valence-corrected chi connectivity index (χ0v) is 15.9. The van der Waals surface area contributed by atoms with Crippen molar-refractivity contribution in [3.63, 3.8) is 0 Å². The number of thioether (sulfide) groups is 1. The molecule has 1 aliphatic heterocycles. The molecule has 0 aliphatic carbocycles. The fourth-order valence-electron chi connectivity index (χ4n) is 3.07. The van der Waals surface area contributed by atoms with E-state index in [9.17, 15) is 4.79 Å². The quantitative estimate of drug-likeness (QED) is 0.432. The molecule has 2 aromatic heterocycles. The molecule has 126 valence electrons. The predicted molar refractivity (Wildman–Crippen MR) is 107 cm³/mol. The van der Waals surface area contributed by atoms with Gasteiger partial charge in [-0.1, -0.05) is 36.0 Å². The van der Waals surface area contributed by atoms with Crippen molar-refractivity contribution in [3.05, 3.63) is 86.1 Å². The van der Waals surface area contributed by atoms with Gasteiger partial charge in [-0.25, -0.2) is 0 Å². The van der Waals surface area contributed by atoms with E-state index in [0.29, 0.717) is 0 Å². The Kier molecular flexibility index (Phi) is 5.06. The third kappa shape index (κ3) is 3.59. The molecule has 0 bridgehead atoms. The minimum Gasteiger partial charge on any atom is -0.327 e. The highest BCUT2D eigenvalue weighted by molar-refractivity contribution is 8.02. The maximum Gasteiger partial charge on any atom is 0.247 e. The Morgan fingerprint density at radius 3 is 2.76 bits per heavy atom. The molecule has 3 heterocycles. The number of benzene rings is 1. The van der Waals surface area contributed by atoms with Crippen molar-refractivity contribution in [3.8, 4) is 0 Å². The molecule has 0 radical (unpaired) electrons. The van der Waals surface area contributed by atoms with E-state index in [-0.39, 0.29) is 11.9 Å². The van der Waals surface area contributed by atoms with Crippen LogP contribution < -0.4 is 0 Å². The van der Waals surface area contributed by atoms with Crippen molar-refractivity contribution in [1.82, 2.24) is 4.90 Å². The van der Waals surface area contributed by atoms with Gasteiger partial charge in [-0.2, -0.15) is 0 Å². The van der Waals surface area contributed by atoms with Gasteiger partial charge in [0, 0.05) is 27.3 Å². The fourth-order valence-corrected chi connectivity index (χ4v) is 5.49. The third-order valence-electron chi connectivity index (χ3n) is 4.22. The lowest BCUT2D eigenvalue weighted by molar-refractivity contribution is -0.127. The largest absolute Gasteiger partial charge is 0.327 e. The van der Waals surface area contributed by atoms with Crippen LogP contribution >= 0.6 is 34.4 Å². The molecule has 0 saturated carbocycles. The fraction of sp³-hybridized carbons (Fsp3) is 0.150. The van der Waals surface area contributed by atoms with Crippen LogP contribution in [0.15, 0.2) is 75.7 Å². The van der Waals surface area contributed by atoms with E-state index < -0.39 is 0 Å². The summed E-state index contributed by atoms with van der Waals surface area (Å²) >= 11 is 5.09. The first-order chi connectivity index (χ1) is 12.3. The van der Waals surface area contributed by atoms with Crippen molar-refractivity contribution in [2.75, 3.05) is 6.54 Å². The van der Waals surface area contributed by atoms with Crippen molar-refractivity contribution in [2.45, 2.75) is 17.4 Å². The van der Waals surface area contributed by atoms with Crippen molar-refractivity contribution < 1.29 is 4.79 Å². The smallest absolute Gasteiger partial charge is 0.247 e. The van der Waals surface area contributed by atoms with Crippen LogP contribution in [0.5, 0.6) is 0 Å². The Morgan fingerprint density at radius 2 is 1.96 bits per heavy atom. The molecule has 25 heavy (non-hydrogen) atoms. The second-order valence-corrected chi connectivity index (χ2v) is 8.69. The lowest BCUT2D eigenvalue weighted by atomic mass is 9.98. The van der Waals surface area contributed by atoms with Crippen LogP contribution in [0.3, 0.4) is 0 Å². The molecule has 0 unspecified atom stereocenters. The average Bonchev–Trinajstić information content (AvgIpc) is 3.33. The summed E-state index contributed by atoms with van der Waals surface area (Å²) in [6.45, 7) is 0.773. The Labute approximate surface area is 159 Å². The summed E-state index contributed by atoms with van der Waals surface area (Å²) in [6, 6.07) is 16.5. The Morgan fingerprint density at radius 1 is 1.08 bits per heavy atom. The Balaban J connectivity index is 1.55. The van der Waals surface area contributed by atoms with Crippen LogP contribution in [-0.4, -0.2) is 17.4 Å². The molecule has 1 amide bonds. The third-order valence-corrected chi connectivity index (χ3v) is 6.96. The molecule has 1 aliphatic rings. The Hall–Kier alpha value is -1.82. The van der Waals surface area contributed by atoms with Gasteiger partial charge >= 0.3 is 0 Å². The number of amides is 1. The van der Waals surface area contributed by atoms with Crippen LogP contribution in [0.25, 0.3) is 0 Å². The molecular weight excluding hydrogens is 366 g/mol. The van der Waals surface area contributed by atoms with E-state index in [0.717, 1.165) is 17.9 Å². The van der Waals surface area contributed by atoms with Gasteiger partial charge in [-0.05, 0) is 52.4 Å². The van der Waals surface area contributed by atoms with Gasteiger partial charge in [0.25, 0.3) is 0 Å². The molecular formula is C20H17NOS3. The van der Waals surface area contributed by atoms with Crippen molar-refractivity contribution >= 4 is 40.3 Å².